The first-order valence-corrected chi connectivity index (χ1v) is 7.84. The van der Waals surface area contributed by atoms with Crippen LogP contribution in [0.4, 0.5) is 0 Å². The van der Waals surface area contributed by atoms with Gasteiger partial charge in [-0.2, -0.15) is 4.98 Å². The molecular formula is C16H23ClN4O3. The molecule has 2 aromatic rings. The van der Waals surface area contributed by atoms with Gasteiger partial charge in [0.2, 0.25) is 17.6 Å². The normalized spacial score (nSPS) is 19.8. The van der Waals surface area contributed by atoms with Crippen molar-refractivity contribution in [3.63, 3.8) is 0 Å². The van der Waals surface area contributed by atoms with Gasteiger partial charge in [0.1, 0.15) is 6.26 Å². The smallest absolute Gasteiger partial charge is 0.227 e. The second kappa shape index (κ2) is 7.36. The highest BCUT2D eigenvalue weighted by Gasteiger charge is 2.35. The zero-order valence-electron chi connectivity index (χ0n) is 13.9. The van der Waals surface area contributed by atoms with Gasteiger partial charge in [-0.25, -0.2) is 0 Å². The molecule has 2 N–H and O–H groups in total. The fourth-order valence-corrected chi connectivity index (χ4v) is 2.82. The Balaban J connectivity index is 0.00000208. The lowest BCUT2D eigenvalue weighted by atomic mass is 9.79. The van der Waals surface area contributed by atoms with Gasteiger partial charge in [-0.1, -0.05) is 19.0 Å². The maximum atomic E-state index is 12.4. The summed E-state index contributed by atoms with van der Waals surface area (Å²) in [5.41, 5.74) is 6.82. The molecule has 1 saturated heterocycles. The number of carbonyl (C=O) groups excluding carboxylic acids is 1. The number of furan rings is 1. The number of hydrogen-bond acceptors (Lipinski definition) is 6. The molecule has 7 nitrogen and oxygen atoms in total. The lowest BCUT2D eigenvalue weighted by Crippen LogP contribution is -2.54. The van der Waals surface area contributed by atoms with Gasteiger partial charge >= 0.3 is 0 Å². The van der Waals surface area contributed by atoms with Crippen LogP contribution in [0, 0.1) is 5.41 Å². The van der Waals surface area contributed by atoms with Crippen LogP contribution >= 0.6 is 12.4 Å². The molecule has 1 fully saturated rings. The van der Waals surface area contributed by atoms with Crippen molar-refractivity contribution in [2.24, 2.45) is 11.1 Å². The van der Waals surface area contributed by atoms with Gasteiger partial charge in [0.15, 0.2) is 0 Å². The highest BCUT2D eigenvalue weighted by atomic mass is 35.5. The second-order valence-corrected chi connectivity index (χ2v) is 6.72. The summed E-state index contributed by atoms with van der Waals surface area (Å²) in [6, 6.07) is 1.90. The number of nitrogens with two attached hydrogens (primary N) is 1. The molecule has 24 heavy (non-hydrogen) atoms. The van der Waals surface area contributed by atoms with E-state index in [2.05, 4.69) is 24.0 Å². The minimum Gasteiger partial charge on any atom is -0.472 e. The molecule has 1 unspecified atom stereocenters. The summed E-state index contributed by atoms with van der Waals surface area (Å²) in [6.07, 6.45) is 4.74. The third-order valence-electron chi connectivity index (χ3n) is 4.47. The summed E-state index contributed by atoms with van der Waals surface area (Å²) in [4.78, 5) is 18.5. The van der Waals surface area contributed by atoms with Crippen LogP contribution in [0.3, 0.4) is 0 Å². The van der Waals surface area contributed by atoms with Crippen LogP contribution in [-0.2, 0) is 11.2 Å². The number of likely N-dealkylation sites (tertiary alicyclic amines) is 1. The van der Waals surface area contributed by atoms with Crippen molar-refractivity contribution in [2.45, 2.75) is 39.2 Å². The third kappa shape index (κ3) is 3.96. The lowest BCUT2D eigenvalue weighted by molar-refractivity contribution is -0.134. The molecule has 8 heteroatoms. The fourth-order valence-electron chi connectivity index (χ4n) is 2.82. The number of amides is 1. The first kappa shape index (κ1) is 18.5. The van der Waals surface area contributed by atoms with E-state index in [1.54, 1.807) is 18.6 Å². The highest BCUT2D eigenvalue weighted by Crippen LogP contribution is 2.28. The van der Waals surface area contributed by atoms with E-state index in [0.29, 0.717) is 37.6 Å². The number of rotatable bonds is 4. The summed E-state index contributed by atoms with van der Waals surface area (Å²) in [6.45, 7) is 5.61. The summed E-state index contributed by atoms with van der Waals surface area (Å²) in [7, 11) is 0. The Kier molecular flexibility index (Phi) is 5.66. The van der Waals surface area contributed by atoms with E-state index in [-0.39, 0.29) is 29.8 Å². The fraction of sp³-hybridized carbons (Fsp3) is 0.562. The Morgan fingerprint density at radius 3 is 2.96 bits per heavy atom. The molecule has 1 amide bonds. The quantitative estimate of drug-likeness (QED) is 0.904. The van der Waals surface area contributed by atoms with Crippen LogP contribution in [0.5, 0.6) is 0 Å². The maximum absolute atomic E-state index is 12.4. The largest absolute Gasteiger partial charge is 0.472 e. The van der Waals surface area contributed by atoms with E-state index in [0.717, 1.165) is 12.0 Å². The molecular weight excluding hydrogens is 332 g/mol. The number of aryl methyl sites for hydroxylation is 1. The number of nitrogens with zero attached hydrogens (tertiary/aromatic N) is 3. The summed E-state index contributed by atoms with van der Waals surface area (Å²) < 4.78 is 10.2. The molecule has 0 bridgehead atoms. The predicted molar refractivity (Wildman–Crippen MR) is 90.5 cm³/mol. The number of halogens is 1. The molecule has 0 aliphatic carbocycles. The maximum Gasteiger partial charge on any atom is 0.227 e. The average Bonchev–Trinajstić information content (AvgIpc) is 3.17. The van der Waals surface area contributed by atoms with Crippen LogP contribution < -0.4 is 5.73 Å². The molecule has 3 heterocycles. The number of carbonyl (C=O) groups is 1. The molecule has 0 spiro atoms. The number of piperidine rings is 1. The number of hydrogen-bond donors (Lipinski definition) is 1. The molecule has 1 aliphatic rings. The Labute approximate surface area is 147 Å². The minimum absolute atomic E-state index is 0. The Hall–Kier alpha value is -1.86. The zero-order chi connectivity index (χ0) is 16.4. The predicted octanol–water partition coefficient (Wildman–Crippen LogP) is 2.27. The lowest BCUT2D eigenvalue weighted by Gasteiger charge is -2.42. The highest BCUT2D eigenvalue weighted by molar-refractivity contribution is 5.85. The Morgan fingerprint density at radius 2 is 2.29 bits per heavy atom. The van der Waals surface area contributed by atoms with Crippen LogP contribution in [0.2, 0.25) is 0 Å². The van der Waals surface area contributed by atoms with Gasteiger partial charge in [0.25, 0.3) is 0 Å². The molecule has 3 rings (SSSR count). The average molecular weight is 355 g/mol. The first-order valence-electron chi connectivity index (χ1n) is 7.84. The van der Waals surface area contributed by atoms with Crippen LogP contribution in [0.1, 0.15) is 32.6 Å². The van der Waals surface area contributed by atoms with Crippen molar-refractivity contribution in [3.05, 3.63) is 24.5 Å². The second-order valence-electron chi connectivity index (χ2n) is 6.72. The molecule has 0 radical (unpaired) electrons. The standard InChI is InChI=1S/C16H22N4O3.ClH/c1-16(2)10-20(7-5-12(16)17)14(21)4-3-13-18-15(19-23-13)11-6-8-22-9-11;/h6,8-9,12H,3-5,7,10,17H2,1-2H3;1H. The van der Waals surface area contributed by atoms with Crippen molar-refractivity contribution in [1.82, 2.24) is 15.0 Å². The minimum atomic E-state index is -0.0488. The van der Waals surface area contributed by atoms with Crippen molar-refractivity contribution in [3.8, 4) is 11.4 Å². The van der Waals surface area contributed by atoms with E-state index >= 15 is 0 Å². The molecule has 0 saturated carbocycles. The Bertz CT molecular complexity index is 669. The van der Waals surface area contributed by atoms with Crippen molar-refractivity contribution >= 4 is 18.3 Å². The third-order valence-corrected chi connectivity index (χ3v) is 4.47. The van der Waals surface area contributed by atoms with Gasteiger partial charge in [-0.3, -0.25) is 4.79 Å². The molecule has 2 aromatic heterocycles. The van der Waals surface area contributed by atoms with E-state index in [4.69, 9.17) is 14.7 Å². The first-order chi connectivity index (χ1) is 11.0. The molecule has 132 valence electrons. The van der Waals surface area contributed by atoms with Gasteiger partial charge in [0.05, 0.1) is 11.8 Å². The van der Waals surface area contributed by atoms with E-state index in [9.17, 15) is 4.79 Å². The van der Waals surface area contributed by atoms with Gasteiger partial charge in [0, 0.05) is 32.0 Å². The van der Waals surface area contributed by atoms with E-state index in [1.807, 2.05) is 4.90 Å². The van der Waals surface area contributed by atoms with Crippen LogP contribution in [0.15, 0.2) is 27.5 Å². The zero-order valence-corrected chi connectivity index (χ0v) is 14.7. The summed E-state index contributed by atoms with van der Waals surface area (Å²) in [5.74, 6) is 1.04. The van der Waals surface area contributed by atoms with E-state index in [1.165, 1.54) is 0 Å². The topological polar surface area (TPSA) is 98.4 Å². The summed E-state index contributed by atoms with van der Waals surface area (Å²) in [5, 5.41) is 3.89. The Morgan fingerprint density at radius 1 is 1.50 bits per heavy atom. The van der Waals surface area contributed by atoms with Gasteiger partial charge in [-0.15, -0.1) is 12.4 Å². The van der Waals surface area contributed by atoms with Crippen molar-refractivity contribution in [1.29, 1.82) is 0 Å². The van der Waals surface area contributed by atoms with Crippen molar-refractivity contribution < 1.29 is 13.7 Å². The van der Waals surface area contributed by atoms with Gasteiger partial charge in [-0.05, 0) is 17.9 Å². The number of aromatic nitrogens is 2. The van der Waals surface area contributed by atoms with Gasteiger partial charge < -0.3 is 19.6 Å². The van der Waals surface area contributed by atoms with Crippen molar-refractivity contribution in [2.75, 3.05) is 13.1 Å². The van der Waals surface area contributed by atoms with Crippen LogP contribution in [-0.4, -0.2) is 40.1 Å². The molecule has 1 atom stereocenters. The molecule has 0 aromatic carbocycles. The SMILES string of the molecule is CC1(C)CN(C(=O)CCc2nc(-c3ccoc3)no2)CCC1N.Cl. The van der Waals surface area contributed by atoms with E-state index < -0.39 is 0 Å². The van der Waals surface area contributed by atoms with Crippen LogP contribution in [0.25, 0.3) is 11.4 Å². The monoisotopic (exact) mass is 354 g/mol. The summed E-state index contributed by atoms with van der Waals surface area (Å²) >= 11 is 0. The molecule has 1 aliphatic heterocycles.